The van der Waals surface area contributed by atoms with Crippen molar-refractivity contribution in [3.05, 3.63) is 28.8 Å². The van der Waals surface area contributed by atoms with Gasteiger partial charge in [0.05, 0.1) is 0 Å². The molecule has 0 atom stereocenters. The van der Waals surface area contributed by atoms with Crippen LogP contribution in [-0.2, 0) is 0 Å². The fraction of sp³-hybridized carbons (Fsp3) is 0.143. The van der Waals surface area contributed by atoms with Gasteiger partial charge in [-0.05, 0) is 6.07 Å². The van der Waals surface area contributed by atoms with Gasteiger partial charge < -0.3 is 0 Å². The van der Waals surface area contributed by atoms with Crippen LogP contribution in [0.15, 0.2) is 12.3 Å². The Labute approximate surface area is 76.3 Å². The van der Waals surface area contributed by atoms with Crippen LogP contribution in [0, 0.1) is 5.95 Å². The normalized spacial score (nSPS) is 10.5. The highest BCUT2D eigenvalue weighted by Gasteiger charge is 2.22. The summed E-state index contributed by atoms with van der Waals surface area (Å²) in [5.74, 6) is -2.64. The van der Waals surface area contributed by atoms with Gasteiger partial charge in [0, 0.05) is 11.8 Å². The van der Waals surface area contributed by atoms with Crippen LogP contribution >= 0.6 is 11.6 Å². The average molecular weight is 210 g/mol. The Morgan fingerprint density at radius 3 is 2.69 bits per heavy atom. The maximum absolute atomic E-state index is 12.6. The molecule has 6 heteroatoms. The summed E-state index contributed by atoms with van der Waals surface area (Å²) < 4.78 is 36.3. The zero-order valence-electron chi connectivity index (χ0n) is 6.10. The SMILES string of the molecule is O=C(c1ccnc(F)c1Cl)C(F)F. The lowest BCUT2D eigenvalue weighted by Gasteiger charge is -2.01. The molecule has 0 aliphatic rings. The highest BCUT2D eigenvalue weighted by Crippen LogP contribution is 2.20. The molecule has 0 unspecified atom stereocenters. The number of ketones is 1. The van der Waals surface area contributed by atoms with E-state index in [1.165, 1.54) is 0 Å². The number of rotatable bonds is 2. The van der Waals surface area contributed by atoms with E-state index in [9.17, 15) is 18.0 Å². The minimum absolute atomic E-state index is 0.552. The van der Waals surface area contributed by atoms with Crippen molar-refractivity contribution in [2.75, 3.05) is 0 Å². The predicted molar refractivity (Wildman–Crippen MR) is 39.5 cm³/mol. The molecule has 0 saturated heterocycles. The molecule has 2 nitrogen and oxygen atoms in total. The molecular weight excluding hydrogens is 207 g/mol. The summed E-state index contributed by atoms with van der Waals surface area (Å²) >= 11 is 5.24. The monoisotopic (exact) mass is 209 g/mol. The van der Waals surface area contributed by atoms with E-state index in [-0.39, 0.29) is 0 Å². The van der Waals surface area contributed by atoms with E-state index in [2.05, 4.69) is 4.98 Å². The van der Waals surface area contributed by atoms with Gasteiger partial charge in [0.2, 0.25) is 11.7 Å². The van der Waals surface area contributed by atoms with Crippen LogP contribution < -0.4 is 0 Å². The molecule has 0 spiro atoms. The van der Waals surface area contributed by atoms with Crippen molar-refractivity contribution < 1.29 is 18.0 Å². The number of halogens is 4. The second kappa shape index (κ2) is 3.74. The quantitative estimate of drug-likeness (QED) is 0.553. The average Bonchev–Trinajstić information content (AvgIpc) is 2.08. The molecule has 0 radical (unpaired) electrons. The van der Waals surface area contributed by atoms with E-state index in [0.717, 1.165) is 12.3 Å². The van der Waals surface area contributed by atoms with Crippen LogP contribution in [0.4, 0.5) is 13.2 Å². The number of alkyl halides is 2. The first-order valence-electron chi connectivity index (χ1n) is 3.16. The number of carbonyl (C=O) groups excluding carboxylic acids is 1. The molecule has 0 amide bonds. The summed E-state index contributed by atoms with van der Waals surface area (Å²) in [6, 6.07) is 0.944. The summed E-state index contributed by atoms with van der Waals surface area (Å²) in [6.07, 6.45) is -2.30. The van der Waals surface area contributed by atoms with Crippen LogP contribution in [-0.4, -0.2) is 17.2 Å². The lowest BCUT2D eigenvalue weighted by atomic mass is 10.2. The minimum atomic E-state index is -3.20. The molecule has 70 valence electrons. The van der Waals surface area contributed by atoms with Gasteiger partial charge >= 0.3 is 6.43 Å². The Morgan fingerprint density at radius 1 is 1.54 bits per heavy atom. The van der Waals surface area contributed by atoms with E-state index in [1.807, 2.05) is 0 Å². The molecule has 0 bridgehead atoms. The molecule has 0 aliphatic carbocycles. The Hall–Kier alpha value is -1.10. The lowest BCUT2D eigenvalue weighted by Crippen LogP contribution is -2.11. The smallest absolute Gasteiger partial charge is 0.288 e. The molecule has 0 aliphatic heterocycles. The first-order chi connectivity index (χ1) is 6.04. The summed E-state index contributed by atoms with van der Waals surface area (Å²) in [5, 5.41) is -0.673. The molecule has 13 heavy (non-hydrogen) atoms. The fourth-order valence-corrected chi connectivity index (χ4v) is 0.931. The number of carbonyl (C=O) groups is 1. The topological polar surface area (TPSA) is 30.0 Å². The van der Waals surface area contributed by atoms with Crippen molar-refractivity contribution >= 4 is 17.4 Å². The number of pyridine rings is 1. The van der Waals surface area contributed by atoms with E-state index in [0.29, 0.717) is 0 Å². The lowest BCUT2D eigenvalue weighted by molar-refractivity contribution is 0.0678. The molecular formula is C7H3ClF3NO. The zero-order valence-corrected chi connectivity index (χ0v) is 6.86. The van der Waals surface area contributed by atoms with Gasteiger partial charge in [-0.15, -0.1) is 0 Å². The second-order valence-electron chi connectivity index (χ2n) is 2.13. The standard InChI is InChI=1S/C7H3ClF3NO/c8-4-3(5(13)6(9)10)1-2-12-7(4)11/h1-2,6H. The maximum atomic E-state index is 12.6. The summed E-state index contributed by atoms with van der Waals surface area (Å²) in [5.41, 5.74) is -0.552. The molecule has 1 heterocycles. The summed E-state index contributed by atoms with van der Waals surface area (Å²) in [4.78, 5) is 13.8. The minimum Gasteiger partial charge on any atom is -0.288 e. The number of aromatic nitrogens is 1. The Bertz CT molecular complexity index is 343. The molecule has 0 N–H and O–H groups in total. The number of Topliss-reactive ketones (excluding diaryl/α,β-unsaturated/α-hetero) is 1. The molecule has 1 aromatic rings. The summed E-state index contributed by atoms with van der Waals surface area (Å²) in [7, 11) is 0. The molecule has 0 saturated carbocycles. The van der Waals surface area contributed by atoms with Gasteiger partial charge in [-0.1, -0.05) is 11.6 Å². The van der Waals surface area contributed by atoms with Crippen molar-refractivity contribution in [3.8, 4) is 0 Å². The molecule has 1 rings (SSSR count). The first-order valence-corrected chi connectivity index (χ1v) is 3.54. The number of nitrogens with zero attached hydrogens (tertiary/aromatic N) is 1. The highest BCUT2D eigenvalue weighted by atomic mass is 35.5. The van der Waals surface area contributed by atoms with Crippen LogP contribution in [0.2, 0.25) is 5.02 Å². The van der Waals surface area contributed by atoms with Crippen molar-refractivity contribution in [1.29, 1.82) is 0 Å². The number of hydrogen-bond donors (Lipinski definition) is 0. The Balaban J connectivity index is 3.15. The fourth-order valence-electron chi connectivity index (χ4n) is 0.726. The van der Waals surface area contributed by atoms with Crippen molar-refractivity contribution in [2.45, 2.75) is 6.43 Å². The van der Waals surface area contributed by atoms with E-state index in [4.69, 9.17) is 11.6 Å². The second-order valence-corrected chi connectivity index (χ2v) is 2.51. The third-order valence-electron chi connectivity index (χ3n) is 1.31. The van der Waals surface area contributed by atoms with Crippen LogP contribution in [0.3, 0.4) is 0 Å². The summed E-state index contributed by atoms with van der Waals surface area (Å²) in [6.45, 7) is 0. The van der Waals surface area contributed by atoms with Crippen molar-refractivity contribution in [1.82, 2.24) is 4.98 Å². The molecule has 0 fully saturated rings. The Kier molecular flexibility index (Phi) is 2.87. The van der Waals surface area contributed by atoms with Gasteiger partial charge in [0.1, 0.15) is 5.02 Å². The van der Waals surface area contributed by atoms with Crippen LogP contribution in [0.5, 0.6) is 0 Å². The van der Waals surface area contributed by atoms with Gasteiger partial charge in [-0.3, -0.25) is 4.79 Å². The van der Waals surface area contributed by atoms with Gasteiger partial charge in [-0.25, -0.2) is 13.8 Å². The third kappa shape index (κ3) is 1.98. The maximum Gasteiger partial charge on any atom is 0.300 e. The van der Waals surface area contributed by atoms with Gasteiger partial charge in [-0.2, -0.15) is 4.39 Å². The van der Waals surface area contributed by atoms with Crippen molar-refractivity contribution in [3.63, 3.8) is 0 Å². The van der Waals surface area contributed by atoms with Crippen LogP contribution in [0.1, 0.15) is 10.4 Å². The van der Waals surface area contributed by atoms with Crippen LogP contribution in [0.25, 0.3) is 0 Å². The molecule has 0 aromatic carbocycles. The number of hydrogen-bond acceptors (Lipinski definition) is 2. The van der Waals surface area contributed by atoms with E-state index >= 15 is 0 Å². The molecule has 1 aromatic heterocycles. The zero-order chi connectivity index (χ0) is 10.0. The van der Waals surface area contributed by atoms with Gasteiger partial charge in [0.15, 0.2) is 0 Å². The van der Waals surface area contributed by atoms with Crippen molar-refractivity contribution in [2.24, 2.45) is 0 Å². The highest BCUT2D eigenvalue weighted by molar-refractivity contribution is 6.34. The largest absolute Gasteiger partial charge is 0.300 e. The Morgan fingerprint density at radius 2 is 2.15 bits per heavy atom. The van der Waals surface area contributed by atoms with E-state index < -0.39 is 28.7 Å². The first kappa shape index (κ1) is 9.98. The predicted octanol–water partition coefficient (Wildman–Crippen LogP) is 2.32. The third-order valence-corrected chi connectivity index (χ3v) is 1.67. The van der Waals surface area contributed by atoms with E-state index in [1.54, 1.807) is 0 Å². The van der Waals surface area contributed by atoms with Gasteiger partial charge in [0.25, 0.3) is 0 Å².